The molecule has 0 aromatic heterocycles. The first-order valence-electron chi connectivity index (χ1n) is 10.2. The summed E-state index contributed by atoms with van der Waals surface area (Å²) in [6.07, 6.45) is 0. The number of rotatable bonds is 6. The summed E-state index contributed by atoms with van der Waals surface area (Å²) in [5.41, 5.74) is 2.86. The van der Waals surface area contributed by atoms with Gasteiger partial charge in [0, 0.05) is 17.3 Å². The van der Waals surface area contributed by atoms with E-state index in [2.05, 4.69) is 5.32 Å². The normalized spacial score (nSPS) is 15.9. The Balaban J connectivity index is 1.58. The fourth-order valence-corrected chi connectivity index (χ4v) is 3.93. The van der Waals surface area contributed by atoms with Crippen molar-refractivity contribution >= 4 is 35.1 Å². The van der Waals surface area contributed by atoms with Crippen molar-refractivity contribution in [2.75, 3.05) is 11.9 Å². The van der Waals surface area contributed by atoms with Crippen LogP contribution in [0.15, 0.2) is 78.9 Å². The standard InChI is InChI=1S/C25H22ClN3O3/c1-17-20(26)13-8-14-21(17)27-22(30)16-29-24(31)23(19-11-6-3-7-12-19)28(25(29)32)15-18-9-4-2-5-10-18/h2-14,23H,15-16H2,1H3,(H,27,30). The first-order chi connectivity index (χ1) is 15.5. The van der Waals surface area contributed by atoms with Crippen molar-refractivity contribution in [3.63, 3.8) is 0 Å². The van der Waals surface area contributed by atoms with Gasteiger partial charge in [0.05, 0.1) is 0 Å². The molecule has 1 fully saturated rings. The Bertz CT molecular complexity index is 1150. The highest BCUT2D eigenvalue weighted by atomic mass is 35.5. The minimum atomic E-state index is -0.787. The van der Waals surface area contributed by atoms with Gasteiger partial charge in [-0.3, -0.25) is 14.5 Å². The summed E-state index contributed by atoms with van der Waals surface area (Å²) in [4.78, 5) is 41.8. The zero-order valence-electron chi connectivity index (χ0n) is 17.5. The number of carbonyl (C=O) groups excluding carboxylic acids is 3. The first kappa shape index (κ1) is 21.6. The maximum absolute atomic E-state index is 13.3. The van der Waals surface area contributed by atoms with E-state index >= 15 is 0 Å². The van der Waals surface area contributed by atoms with Crippen LogP contribution in [0.1, 0.15) is 22.7 Å². The fraction of sp³-hybridized carbons (Fsp3) is 0.160. The van der Waals surface area contributed by atoms with Crippen molar-refractivity contribution in [2.45, 2.75) is 19.5 Å². The highest BCUT2D eigenvalue weighted by Gasteiger charge is 2.46. The Morgan fingerprint density at radius 2 is 1.59 bits per heavy atom. The van der Waals surface area contributed by atoms with Crippen LogP contribution in [0.2, 0.25) is 5.02 Å². The van der Waals surface area contributed by atoms with Crippen LogP contribution in [-0.4, -0.2) is 34.2 Å². The predicted molar refractivity (Wildman–Crippen MR) is 123 cm³/mol. The van der Waals surface area contributed by atoms with Gasteiger partial charge in [0.15, 0.2) is 0 Å². The third-order valence-corrected chi connectivity index (χ3v) is 5.85. The number of benzene rings is 3. The zero-order chi connectivity index (χ0) is 22.7. The van der Waals surface area contributed by atoms with Crippen LogP contribution in [-0.2, 0) is 16.1 Å². The number of urea groups is 1. The number of amides is 4. The first-order valence-corrected chi connectivity index (χ1v) is 10.6. The number of nitrogens with one attached hydrogen (secondary N) is 1. The predicted octanol–water partition coefficient (Wildman–Crippen LogP) is 4.79. The number of nitrogens with zero attached hydrogens (tertiary/aromatic N) is 2. The second-order valence-corrected chi connectivity index (χ2v) is 8.00. The van der Waals surface area contributed by atoms with Crippen LogP contribution < -0.4 is 5.32 Å². The molecule has 4 amide bonds. The monoisotopic (exact) mass is 447 g/mol. The Morgan fingerprint density at radius 3 is 2.28 bits per heavy atom. The summed E-state index contributed by atoms with van der Waals surface area (Å²) < 4.78 is 0. The number of imide groups is 1. The topological polar surface area (TPSA) is 69.7 Å². The van der Waals surface area contributed by atoms with Gasteiger partial charge < -0.3 is 10.2 Å². The lowest BCUT2D eigenvalue weighted by Crippen LogP contribution is -2.39. The van der Waals surface area contributed by atoms with Gasteiger partial charge in [-0.25, -0.2) is 4.79 Å². The fourth-order valence-electron chi connectivity index (χ4n) is 3.76. The van der Waals surface area contributed by atoms with E-state index in [1.807, 2.05) is 60.7 Å². The van der Waals surface area contributed by atoms with Gasteiger partial charge in [-0.1, -0.05) is 78.3 Å². The van der Waals surface area contributed by atoms with Crippen molar-refractivity contribution in [2.24, 2.45) is 0 Å². The minimum Gasteiger partial charge on any atom is -0.324 e. The molecule has 1 heterocycles. The molecule has 0 radical (unpaired) electrons. The van der Waals surface area contributed by atoms with Crippen LogP contribution in [0, 0.1) is 6.92 Å². The summed E-state index contributed by atoms with van der Waals surface area (Å²) in [5.74, 6) is -0.888. The molecule has 0 saturated carbocycles. The van der Waals surface area contributed by atoms with Gasteiger partial charge >= 0.3 is 6.03 Å². The largest absolute Gasteiger partial charge is 0.328 e. The third-order valence-electron chi connectivity index (χ3n) is 5.44. The molecule has 1 atom stereocenters. The Hall–Kier alpha value is -3.64. The molecule has 3 aromatic carbocycles. The highest BCUT2D eigenvalue weighted by molar-refractivity contribution is 6.31. The van der Waals surface area contributed by atoms with Crippen LogP contribution in [0.4, 0.5) is 10.5 Å². The summed E-state index contributed by atoms with van der Waals surface area (Å²) in [7, 11) is 0. The van der Waals surface area contributed by atoms with Crippen LogP contribution in [0.25, 0.3) is 0 Å². The molecule has 1 N–H and O–H groups in total. The lowest BCUT2D eigenvalue weighted by Gasteiger charge is -2.22. The van der Waals surface area contributed by atoms with Crippen molar-refractivity contribution < 1.29 is 14.4 Å². The smallest absolute Gasteiger partial charge is 0.324 e. The Labute approximate surface area is 191 Å². The number of hydrogen-bond donors (Lipinski definition) is 1. The second kappa shape index (κ2) is 9.24. The van der Waals surface area contributed by atoms with Crippen molar-refractivity contribution in [1.82, 2.24) is 9.80 Å². The number of halogens is 1. The van der Waals surface area contributed by atoms with E-state index in [4.69, 9.17) is 11.6 Å². The van der Waals surface area contributed by atoms with Crippen LogP contribution in [0.5, 0.6) is 0 Å². The van der Waals surface area contributed by atoms with Crippen LogP contribution in [0.3, 0.4) is 0 Å². The molecule has 3 aromatic rings. The maximum atomic E-state index is 13.3. The summed E-state index contributed by atoms with van der Waals surface area (Å²) in [5, 5.41) is 3.27. The number of hydrogen-bond acceptors (Lipinski definition) is 3. The summed E-state index contributed by atoms with van der Waals surface area (Å²) >= 11 is 6.12. The van der Waals surface area contributed by atoms with Gasteiger partial charge in [0.25, 0.3) is 5.91 Å². The molecule has 1 saturated heterocycles. The van der Waals surface area contributed by atoms with Crippen molar-refractivity contribution in [1.29, 1.82) is 0 Å². The van der Waals surface area contributed by atoms with Gasteiger partial charge in [0.1, 0.15) is 12.6 Å². The molecule has 1 unspecified atom stereocenters. The van der Waals surface area contributed by atoms with E-state index in [-0.39, 0.29) is 13.1 Å². The molecule has 162 valence electrons. The highest BCUT2D eigenvalue weighted by Crippen LogP contribution is 2.32. The maximum Gasteiger partial charge on any atom is 0.328 e. The Morgan fingerprint density at radius 1 is 0.938 bits per heavy atom. The SMILES string of the molecule is Cc1c(Cl)cccc1NC(=O)CN1C(=O)C(c2ccccc2)N(Cc2ccccc2)C1=O. The van der Waals surface area contributed by atoms with Gasteiger partial charge in [-0.05, 0) is 35.7 Å². The van der Waals surface area contributed by atoms with Gasteiger partial charge in [0.2, 0.25) is 5.91 Å². The number of anilines is 1. The molecule has 6 nitrogen and oxygen atoms in total. The van der Waals surface area contributed by atoms with E-state index in [0.717, 1.165) is 16.0 Å². The van der Waals surface area contributed by atoms with Crippen LogP contribution >= 0.6 is 11.6 Å². The van der Waals surface area contributed by atoms with Crippen molar-refractivity contribution in [3.05, 3.63) is 101 Å². The minimum absolute atomic E-state index is 0.260. The molecule has 0 aliphatic carbocycles. The Kier molecular flexibility index (Phi) is 6.23. The molecule has 1 aliphatic heterocycles. The molecule has 7 heteroatoms. The third kappa shape index (κ3) is 4.36. The molecule has 32 heavy (non-hydrogen) atoms. The van der Waals surface area contributed by atoms with E-state index in [1.54, 1.807) is 25.1 Å². The molecular weight excluding hydrogens is 426 g/mol. The zero-order valence-corrected chi connectivity index (χ0v) is 18.3. The van der Waals surface area contributed by atoms with E-state index in [9.17, 15) is 14.4 Å². The molecule has 4 rings (SSSR count). The average molecular weight is 448 g/mol. The van der Waals surface area contributed by atoms with Gasteiger partial charge in [-0.15, -0.1) is 0 Å². The van der Waals surface area contributed by atoms with E-state index in [0.29, 0.717) is 16.3 Å². The molecular formula is C25H22ClN3O3. The van der Waals surface area contributed by atoms with E-state index < -0.39 is 23.9 Å². The van der Waals surface area contributed by atoms with Crippen molar-refractivity contribution in [3.8, 4) is 0 Å². The molecule has 1 aliphatic rings. The van der Waals surface area contributed by atoms with E-state index in [1.165, 1.54) is 4.90 Å². The average Bonchev–Trinajstić information content (AvgIpc) is 3.02. The lowest BCUT2D eigenvalue weighted by atomic mass is 10.1. The number of carbonyl (C=O) groups is 3. The quantitative estimate of drug-likeness (QED) is 0.552. The van der Waals surface area contributed by atoms with Gasteiger partial charge in [-0.2, -0.15) is 0 Å². The lowest BCUT2D eigenvalue weighted by molar-refractivity contribution is -0.131. The summed E-state index contributed by atoms with van der Waals surface area (Å²) in [6.45, 7) is 1.67. The second-order valence-electron chi connectivity index (χ2n) is 7.59. The summed E-state index contributed by atoms with van der Waals surface area (Å²) in [6, 6.07) is 22.5. The molecule has 0 spiro atoms. The molecule has 0 bridgehead atoms.